The number of amidine groups is 1. The van der Waals surface area contributed by atoms with Crippen LogP contribution in [0.15, 0.2) is 4.99 Å². The first-order valence-corrected chi connectivity index (χ1v) is 7.07. The van der Waals surface area contributed by atoms with Crippen LogP contribution >= 0.6 is 23.5 Å². The van der Waals surface area contributed by atoms with Gasteiger partial charge in [0, 0.05) is 17.5 Å². The van der Waals surface area contributed by atoms with Crippen LogP contribution < -0.4 is 5.32 Å². The molecule has 0 amide bonds. The van der Waals surface area contributed by atoms with Gasteiger partial charge in [0.15, 0.2) is 5.17 Å². The van der Waals surface area contributed by atoms with Crippen molar-refractivity contribution in [3.8, 4) is 0 Å². The molecule has 1 saturated heterocycles. The van der Waals surface area contributed by atoms with Gasteiger partial charge in [-0.25, -0.2) is 0 Å². The van der Waals surface area contributed by atoms with Crippen LogP contribution in [0.5, 0.6) is 0 Å². The Bertz CT molecular complexity index is 200. The molecule has 0 bridgehead atoms. The smallest absolute Gasteiger partial charge is 0.157 e. The zero-order valence-electron chi connectivity index (χ0n) is 7.95. The van der Waals surface area contributed by atoms with Crippen molar-refractivity contribution in [2.24, 2.45) is 4.99 Å². The standard InChI is InChI=1S/C9H16N2S2/c1-2-7-6-13-9(10-7)11-8-3-4-12-5-8/h7-8H,2-6H2,1H3,(H,10,11). The number of hydrogen-bond acceptors (Lipinski definition) is 4. The predicted molar refractivity (Wildman–Crippen MR) is 62.8 cm³/mol. The van der Waals surface area contributed by atoms with Crippen molar-refractivity contribution in [1.82, 2.24) is 5.32 Å². The minimum Gasteiger partial charge on any atom is -0.361 e. The molecule has 0 aromatic carbocycles. The Morgan fingerprint density at radius 1 is 1.54 bits per heavy atom. The maximum atomic E-state index is 4.63. The van der Waals surface area contributed by atoms with Crippen molar-refractivity contribution in [3.05, 3.63) is 0 Å². The van der Waals surface area contributed by atoms with Crippen LogP contribution in [-0.4, -0.2) is 34.5 Å². The number of thioether (sulfide) groups is 2. The van der Waals surface area contributed by atoms with Crippen LogP contribution in [0.4, 0.5) is 0 Å². The van der Waals surface area contributed by atoms with Crippen molar-refractivity contribution in [3.63, 3.8) is 0 Å². The molecule has 2 rings (SSSR count). The Balaban J connectivity index is 1.81. The van der Waals surface area contributed by atoms with E-state index in [4.69, 9.17) is 0 Å². The van der Waals surface area contributed by atoms with E-state index in [1.54, 1.807) is 0 Å². The van der Waals surface area contributed by atoms with Gasteiger partial charge in [-0.15, -0.1) is 0 Å². The Hall–Kier alpha value is 0.170. The Kier molecular flexibility index (Phi) is 3.44. The minimum atomic E-state index is 0.571. The number of aliphatic imine (C=N–C) groups is 1. The van der Waals surface area contributed by atoms with E-state index >= 15 is 0 Å². The highest BCUT2D eigenvalue weighted by molar-refractivity contribution is 8.14. The van der Waals surface area contributed by atoms with E-state index in [2.05, 4.69) is 17.2 Å². The Morgan fingerprint density at radius 3 is 3.08 bits per heavy atom. The molecular formula is C9H16N2S2. The molecule has 2 aliphatic heterocycles. The van der Waals surface area contributed by atoms with Crippen molar-refractivity contribution < 1.29 is 0 Å². The Labute approximate surface area is 88.3 Å². The van der Waals surface area contributed by atoms with E-state index in [0.29, 0.717) is 12.1 Å². The van der Waals surface area contributed by atoms with Crippen molar-refractivity contribution in [2.75, 3.05) is 17.3 Å². The highest BCUT2D eigenvalue weighted by atomic mass is 32.2. The van der Waals surface area contributed by atoms with Crippen LogP contribution in [0.25, 0.3) is 0 Å². The lowest BCUT2D eigenvalue weighted by Crippen LogP contribution is -2.32. The fourth-order valence-electron chi connectivity index (χ4n) is 1.53. The van der Waals surface area contributed by atoms with Crippen LogP contribution in [0.1, 0.15) is 19.8 Å². The first kappa shape index (κ1) is 9.71. The van der Waals surface area contributed by atoms with Gasteiger partial charge in [-0.2, -0.15) is 11.8 Å². The quantitative estimate of drug-likeness (QED) is 0.763. The maximum Gasteiger partial charge on any atom is 0.157 e. The van der Waals surface area contributed by atoms with Gasteiger partial charge < -0.3 is 5.32 Å². The number of nitrogens with zero attached hydrogens (tertiary/aromatic N) is 1. The van der Waals surface area contributed by atoms with E-state index in [9.17, 15) is 0 Å². The third-order valence-electron chi connectivity index (χ3n) is 2.44. The first-order valence-electron chi connectivity index (χ1n) is 4.93. The summed E-state index contributed by atoms with van der Waals surface area (Å²) in [4.78, 5) is 4.63. The SMILES string of the molecule is CCC1CSC(NC2CCSC2)=N1. The van der Waals surface area contributed by atoms with E-state index in [1.165, 1.54) is 35.3 Å². The maximum absolute atomic E-state index is 4.63. The van der Waals surface area contributed by atoms with Crippen molar-refractivity contribution in [2.45, 2.75) is 31.8 Å². The van der Waals surface area contributed by atoms with E-state index in [-0.39, 0.29) is 0 Å². The normalized spacial score (nSPS) is 33.5. The largest absolute Gasteiger partial charge is 0.361 e. The summed E-state index contributed by atoms with van der Waals surface area (Å²) < 4.78 is 0. The fourth-order valence-corrected chi connectivity index (χ4v) is 3.81. The highest BCUT2D eigenvalue weighted by Gasteiger charge is 2.21. The summed E-state index contributed by atoms with van der Waals surface area (Å²) in [6.45, 7) is 2.21. The van der Waals surface area contributed by atoms with Crippen LogP contribution in [-0.2, 0) is 0 Å². The van der Waals surface area contributed by atoms with Gasteiger partial charge in [-0.1, -0.05) is 18.7 Å². The summed E-state index contributed by atoms with van der Waals surface area (Å²) in [6.07, 6.45) is 2.48. The van der Waals surface area contributed by atoms with Gasteiger partial charge >= 0.3 is 0 Å². The summed E-state index contributed by atoms with van der Waals surface area (Å²) in [6, 6.07) is 1.26. The molecule has 0 aliphatic carbocycles. The summed E-state index contributed by atoms with van der Waals surface area (Å²) in [5, 5.41) is 4.73. The van der Waals surface area contributed by atoms with Gasteiger partial charge in [0.2, 0.25) is 0 Å². The number of hydrogen-bond donors (Lipinski definition) is 1. The number of rotatable bonds is 2. The van der Waals surface area contributed by atoms with Gasteiger partial charge in [0.25, 0.3) is 0 Å². The molecule has 2 heterocycles. The van der Waals surface area contributed by atoms with Crippen molar-refractivity contribution in [1.29, 1.82) is 0 Å². The van der Waals surface area contributed by atoms with Gasteiger partial charge in [0.1, 0.15) is 0 Å². The molecule has 0 aromatic heterocycles. The molecule has 1 fully saturated rings. The number of nitrogens with one attached hydrogen (secondary N) is 1. The highest BCUT2D eigenvalue weighted by Crippen LogP contribution is 2.22. The van der Waals surface area contributed by atoms with E-state index in [0.717, 1.165) is 0 Å². The Morgan fingerprint density at radius 2 is 2.46 bits per heavy atom. The second-order valence-electron chi connectivity index (χ2n) is 3.51. The van der Waals surface area contributed by atoms with E-state index in [1.807, 2.05) is 23.5 Å². The summed E-state index contributed by atoms with van der Waals surface area (Å²) in [7, 11) is 0. The molecule has 0 saturated carbocycles. The molecule has 74 valence electrons. The topological polar surface area (TPSA) is 24.4 Å². The lowest BCUT2D eigenvalue weighted by molar-refractivity contribution is 0.674. The third kappa shape index (κ3) is 2.56. The van der Waals surface area contributed by atoms with Crippen LogP contribution in [0.2, 0.25) is 0 Å². The average Bonchev–Trinajstić information content (AvgIpc) is 2.76. The minimum absolute atomic E-state index is 0.571. The predicted octanol–water partition coefficient (Wildman–Crippen LogP) is 1.96. The molecular weight excluding hydrogens is 200 g/mol. The zero-order chi connectivity index (χ0) is 9.10. The molecule has 13 heavy (non-hydrogen) atoms. The molecule has 0 radical (unpaired) electrons. The second-order valence-corrected chi connectivity index (χ2v) is 5.67. The molecule has 0 aromatic rings. The van der Waals surface area contributed by atoms with Gasteiger partial charge in [-0.05, 0) is 18.6 Å². The molecule has 2 aliphatic rings. The molecule has 4 heteroatoms. The summed E-state index contributed by atoms with van der Waals surface area (Å²) in [5.41, 5.74) is 0. The molecule has 2 atom stereocenters. The lowest BCUT2D eigenvalue weighted by atomic mass is 10.3. The lowest BCUT2D eigenvalue weighted by Gasteiger charge is -2.10. The zero-order valence-corrected chi connectivity index (χ0v) is 9.59. The molecule has 0 spiro atoms. The monoisotopic (exact) mass is 216 g/mol. The third-order valence-corrected chi connectivity index (χ3v) is 4.65. The van der Waals surface area contributed by atoms with Crippen molar-refractivity contribution >= 4 is 28.7 Å². The van der Waals surface area contributed by atoms with E-state index < -0.39 is 0 Å². The van der Waals surface area contributed by atoms with Crippen LogP contribution in [0, 0.1) is 0 Å². The molecule has 1 N–H and O–H groups in total. The fraction of sp³-hybridized carbons (Fsp3) is 0.889. The first-order chi connectivity index (χ1) is 6.38. The van der Waals surface area contributed by atoms with Gasteiger partial charge in [0.05, 0.1) is 6.04 Å². The van der Waals surface area contributed by atoms with Crippen LogP contribution in [0.3, 0.4) is 0 Å². The molecule has 2 nitrogen and oxygen atoms in total. The van der Waals surface area contributed by atoms with Gasteiger partial charge in [-0.3, -0.25) is 4.99 Å². The second kappa shape index (κ2) is 4.60. The average molecular weight is 216 g/mol. The summed E-state index contributed by atoms with van der Waals surface area (Å²) >= 11 is 3.94. The molecule has 2 unspecified atom stereocenters. The summed E-state index contributed by atoms with van der Waals surface area (Å²) in [5.74, 6) is 3.75.